The van der Waals surface area contributed by atoms with E-state index in [0.29, 0.717) is 0 Å². The van der Waals surface area contributed by atoms with Gasteiger partial charge in [0, 0.05) is 0 Å². The van der Waals surface area contributed by atoms with E-state index in [1.54, 1.807) is 11.1 Å². The van der Waals surface area contributed by atoms with E-state index in [1.165, 1.54) is 139 Å². The third-order valence-electron chi connectivity index (χ3n) is 7.22. The minimum atomic E-state index is 1.27. The summed E-state index contributed by atoms with van der Waals surface area (Å²) >= 11 is 0. The Morgan fingerprint density at radius 2 is 0.906 bits per heavy atom. The van der Waals surface area contributed by atoms with E-state index >= 15 is 0 Å². The van der Waals surface area contributed by atoms with Crippen LogP contribution in [0.25, 0.3) is 10.8 Å². The first-order valence-corrected chi connectivity index (χ1v) is 14.4. The maximum atomic E-state index is 2.44. The minimum absolute atomic E-state index is 1.27. The quantitative estimate of drug-likeness (QED) is 0.181. The van der Waals surface area contributed by atoms with Crippen LogP contribution in [0.5, 0.6) is 0 Å². The van der Waals surface area contributed by atoms with Crippen molar-refractivity contribution in [1.29, 1.82) is 0 Å². The molecule has 2 aromatic rings. The van der Waals surface area contributed by atoms with E-state index in [4.69, 9.17) is 0 Å². The summed E-state index contributed by atoms with van der Waals surface area (Å²) in [4.78, 5) is 0. The number of benzene rings is 2. The fourth-order valence-corrected chi connectivity index (χ4v) is 5.15. The SMILES string of the molecule is CCCCCCCCCCCCc1c(CCCCCCCCCC)ccc2ccccc12. The van der Waals surface area contributed by atoms with E-state index in [9.17, 15) is 0 Å². The predicted octanol–water partition coefficient (Wildman–Crippen LogP) is 11.0. The van der Waals surface area contributed by atoms with Crippen molar-refractivity contribution in [2.75, 3.05) is 0 Å². The molecule has 0 aromatic heterocycles. The molecule has 0 aliphatic rings. The molecule has 0 unspecified atom stereocenters. The second-order valence-electron chi connectivity index (χ2n) is 10.1. The van der Waals surface area contributed by atoms with E-state index in [1.807, 2.05) is 0 Å². The number of aryl methyl sites for hydroxylation is 2. The summed E-state index contributed by atoms with van der Waals surface area (Å²) in [7, 11) is 0. The van der Waals surface area contributed by atoms with Gasteiger partial charge in [0.15, 0.2) is 0 Å². The topological polar surface area (TPSA) is 0 Å². The molecule has 0 saturated carbocycles. The molecule has 32 heavy (non-hydrogen) atoms. The van der Waals surface area contributed by atoms with Crippen LogP contribution >= 0.6 is 0 Å². The summed E-state index contributed by atoms with van der Waals surface area (Å²) in [6, 6.07) is 13.9. The molecule has 0 bridgehead atoms. The summed E-state index contributed by atoms with van der Waals surface area (Å²) < 4.78 is 0. The Kier molecular flexibility index (Phi) is 15.3. The Morgan fingerprint density at radius 3 is 1.47 bits per heavy atom. The van der Waals surface area contributed by atoms with Crippen LogP contribution in [0.3, 0.4) is 0 Å². The molecule has 0 radical (unpaired) electrons. The third-order valence-corrected chi connectivity index (χ3v) is 7.22. The molecule has 2 rings (SSSR count). The first kappa shape index (κ1) is 26.9. The van der Waals surface area contributed by atoms with Crippen molar-refractivity contribution >= 4 is 10.8 Å². The van der Waals surface area contributed by atoms with Gasteiger partial charge in [0.25, 0.3) is 0 Å². The van der Waals surface area contributed by atoms with Crippen LogP contribution in [-0.4, -0.2) is 0 Å². The van der Waals surface area contributed by atoms with Gasteiger partial charge in [-0.15, -0.1) is 0 Å². The number of rotatable bonds is 20. The molecule has 0 fully saturated rings. The average molecular weight is 437 g/mol. The van der Waals surface area contributed by atoms with Gasteiger partial charge in [-0.1, -0.05) is 153 Å². The lowest BCUT2D eigenvalue weighted by Gasteiger charge is -2.14. The highest BCUT2D eigenvalue weighted by atomic mass is 14.1. The predicted molar refractivity (Wildman–Crippen MR) is 146 cm³/mol. The van der Waals surface area contributed by atoms with E-state index in [2.05, 4.69) is 50.2 Å². The molecule has 0 amide bonds. The third kappa shape index (κ3) is 11.0. The molecule has 0 aliphatic carbocycles. The number of fused-ring (bicyclic) bond motifs is 1. The van der Waals surface area contributed by atoms with Crippen molar-refractivity contribution in [1.82, 2.24) is 0 Å². The average Bonchev–Trinajstić information content (AvgIpc) is 2.82. The summed E-state index contributed by atoms with van der Waals surface area (Å²) in [6.45, 7) is 4.60. The molecule has 0 saturated heterocycles. The summed E-state index contributed by atoms with van der Waals surface area (Å²) in [5.41, 5.74) is 3.29. The fraction of sp³-hybridized carbons (Fsp3) is 0.688. The summed E-state index contributed by atoms with van der Waals surface area (Å²) in [5, 5.41) is 2.94. The van der Waals surface area contributed by atoms with Crippen LogP contribution in [0.2, 0.25) is 0 Å². The summed E-state index contributed by atoms with van der Waals surface area (Å²) in [5.74, 6) is 0. The van der Waals surface area contributed by atoms with Crippen molar-refractivity contribution in [3.05, 3.63) is 47.5 Å². The normalized spacial score (nSPS) is 11.4. The zero-order valence-corrected chi connectivity index (χ0v) is 21.6. The fourth-order valence-electron chi connectivity index (χ4n) is 5.15. The van der Waals surface area contributed by atoms with Crippen molar-refractivity contribution in [2.45, 2.75) is 142 Å². The molecule has 2 aromatic carbocycles. The molecule has 0 atom stereocenters. The Bertz CT molecular complexity index is 698. The van der Waals surface area contributed by atoms with Gasteiger partial charge in [0.05, 0.1) is 0 Å². The van der Waals surface area contributed by atoms with E-state index in [-0.39, 0.29) is 0 Å². The zero-order chi connectivity index (χ0) is 22.7. The molecule has 0 N–H and O–H groups in total. The van der Waals surface area contributed by atoms with Crippen LogP contribution in [0.1, 0.15) is 141 Å². The lowest BCUT2D eigenvalue weighted by atomic mass is 9.91. The van der Waals surface area contributed by atoms with Crippen LogP contribution in [0.4, 0.5) is 0 Å². The molecule has 0 heterocycles. The van der Waals surface area contributed by atoms with Gasteiger partial charge in [-0.25, -0.2) is 0 Å². The second kappa shape index (κ2) is 18.2. The molecule has 180 valence electrons. The van der Waals surface area contributed by atoms with Crippen LogP contribution < -0.4 is 0 Å². The smallest absolute Gasteiger partial charge is 0.0149 e. The highest BCUT2D eigenvalue weighted by Gasteiger charge is 2.08. The number of hydrogen-bond acceptors (Lipinski definition) is 0. The molecular formula is C32H52. The highest BCUT2D eigenvalue weighted by molar-refractivity contribution is 5.86. The maximum absolute atomic E-state index is 2.44. The van der Waals surface area contributed by atoms with Gasteiger partial charge in [-0.3, -0.25) is 0 Å². The van der Waals surface area contributed by atoms with Gasteiger partial charge in [-0.2, -0.15) is 0 Å². The minimum Gasteiger partial charge on any atom is -0.0654 e. The number of unbranched alkanes of at least 4 members (excludes halogenated alkanes) is 16. The van der Waals surface area contributed by atoms with Gasteiger partial charge in [0.1, 0.15) is 0 Å². The molecule has 0 aliphatic heterocycles. The maximum Gasteiger partial charge on any atom is -0.0149 e. The van der Waals surface area contributed by atoms with Crippen molar-refractivity contribution in [2.24, 2.45) is 0 Å². The first-order chi connectivity index (χ1) is 15.9. The monoisotopic (exact) mass is 436 g/mol. The zero-order valence-electron chi connectivity index (χ0n) is 21.6. The van der Waals surface area contributed by atoms with Crippen molar-refractivity contribution in [3.8, 4) is 0 Å². The molecular weight excluding hydrogens is 384 g/mol. The van der Waals surface area contributed by atoms with Crippen molar-refractivity contribution in [3.63, 3.8) is 0 Å². The molecule has 0 heteroatoms. The van der Waals surface area contributed by atoms with Crippen molar-refractivity contribution < 1.29 is 0 Å². The van der Waals surface area contributed by atoms with E-state index in [0.717, 1.165) is 0 Å². The lowest BCUT2D eigenvalue weighted by molar-refractivity contribution is 0.556. The Morgan fingerprint density at radius 1 is 0.438 bits per heavy atom. The van der Waals surface area contributed by atoms with Gasteiger partial charge in [-0.05, 0) is 47.6 Å². The molecule has 0 spiro atoms. The van der Waals surface area contributed by atoms with Gasteiger partial charge < -0.3 is 0 Å². The van der Waals surface area contributed by atoms with Crippen LogP contribution in [-0.2, 0) is 12.8 Å². The largest absolute Gasteiger partial charge is 0.0654 e. The first-order valence-electron chi connectivity index (χ1n) is 14.4. The second-order valence-corrected chi connectivity index (χ2v) is 10.1. The lowest BCUT2D eigenvalue weighted by Crippen LogP contribution is -1.97. The standard InChI is InChI=1S/C32H52/c1-3-5-7-9-11-13-14-16-18-20-25-31-29(23-19-17-15-12-10-8-6-4-2)27-28-30-24-21-22-26-32(30)31/h21-22,24,26-28H,3-20,23,25H2,1-2H3. The highest BCUT2D eigenvalue weighted by Crippen LogP contribution is 2.26. The Hall–Kier alpha value is -1.30. The van der Waals surface area contributed by atoms with Crippen LogP contribution in [0.15, 0.2) is 36.4 Å². The summed E-state index contributed by atoms with van der Waals surface area (Å²) in [6.07, 6.45) is 28.0. The Labute approximate surface area is 200 Å². The number of hydrogen-bond donors (Lipinski definition) is 0. The van der Waals surface area contributed by atoms with Crippen LogP contribution in [0, 0.1) is 0 Å². The van der Waals surface area contributed by atoms with Gasteiger partial charge in [0.2, 0.25) is 0 Å². The van der Waals surface area contributed by atoms with E-state index < -0.39 is 0 Å². The van der Waals surface area contributed by atoms with Gasteiger partial charge >= 0.3 is 0 Å². The Balaban J connectivity index is 1.74. The molecule has 0 nitrogen and oxygen atoms in total.